The zero-order valence-electron chi connectivity index (χ0n) is 15.3. The van der Waals surface area contributed by atoms with E-state index < -0.39 is 10.1 Å². The predicted molar refractivity (Wildman–Crippen MR) is 105 cm³/mol. The minimum absolute atomic E-state index is 0.175. The van der Waals surface area contributed by atoms with Gasteiger partial charge in [-0.15, -0.1) is 0 Å². The molecule has 0 spiro atoms. The fourth-order valence-electron chi connectivity index (χ4n) is 2.26. The molecule has 7 heteroatoms. The summed E-state index contributed by atoms with van der Waals surface area (Å²) < 4.78 is 29.8. The fourth-order valence-corrected chi connectivity index (χ4v) is 2.77. The Hall–Kier alpha value is -2.56. The monoisotopic (exact) mass is 375 g/mol. The Labute approximate surface area is 155 Å². The van der Waals surface area contributed by atoms with Crippen molar-refractivity contribution < 1.29 is 13.0 Å². The molecule has 6 nitrogen and oxygen atoms in total. The number of nitriles is 1. The second-order valence-corrected chi connectivity index (χ2v) is 7.24. The van der Waals surface area contributed by atoms with Gasteiger partial charge >= 0.3 is 0 Å². The molecular formula is C19H25N3O3S. The van der Waals surface area contributed by atoms with E-state index in [0.717, 1.165) is 18.7 Å². The van der Waals surface area contributed by atoms with Crippen LogP contribution in [0.5, 0.6) is 0 Å². The SMILES string of the molecule is CCN(CCC#N)c1cccc(C)c1.Cc1ccc(S(=O)(=O)O)cc1N. The molecule has 0 atom stereocenters. The van der Waals surface area contributed by atoms with Crippen LogP contribution in [0.2, 0.25) is 0 Å². The Kier molecular flexibility index (Phi) is 8.10. The average molecular weight is 375 g/mol. The number of nitrogens with zero attached hydrogens (tertiary/aromatic N) is 2. The van der Waals surface area contributed by atoms with Gasteiger partial charge in [0.1, 0.15) is 0 Å². The van der Waals surface area contributed by atoms with Crippen molar-refractivity contribution in [3.8, 4) is 6.07 Å². The standard InChI is InChI=1S/C12H16N2.C7H9NO3S/c1-3-14(9-5-8-13)12-7-4-6-11(2)10-12;1-5-2-3-6(4-7(5)8)12(9,10)11/h4,6-7,10H,3,5,9H2,1-2H3;2-4H,8H2,1H3,(H,9,10,11). The first-order valence-corrected chi connectivity index (χ1v) is 9.65. The Morgan fingerprint density at radius 1 is 1.19 bits per heavy atom. The van der Waals surface area contributed by atoms with Crippen LogP contribution >= 0.6 is 0 Å². The highest BCUT2D eigenvalue weighted by Crippen LogP contribution is 2.16. The van der Waals surface area contributed by atoms with Crippen LogP contribution in [0.25, 0.3) is 0 Å². The van der Waals surface area contributed by atoms with Crippen molar-refractivity contribution in [3.05, 3.63) is 53.6 Å². The second-order valence-electron chi connectivity index (χ2n) is 5.82. The topological polar surface area (TPSA) is 107 Å². The molecule has 0 amide bonds. The summed E-state index contributed by atoms with van der Waals surface area (Å²) in [6.45, 7) is 7.71. The minimum Gasteiger partial charge on any atom is -0.398 e. The summed E-state index contributed by atoms with van der Waals surface area (Å²) in [4.78, 5) is 2.04. The molecule has 0 radical (unpaired) electrons. The number of hydrogen-bond donors (Lipinski definition) is 2. The number of benzene rings is 2. The molecule has 0 aliphatic rings. The van der Waals surface area contributed by atoms with Gasteiger partial charge in [0, 0.05) is 24.5 Å². The maximum Gasteiger partial charge on any atom is 0.294 e. The van der Waals surface area contributed by atoms with E-state index in [1.165, 1.54) is 23.4 Å². The van der Waals surface area contributed by atoms with Crippen LogP contribution in [0.3, 0.4) is 0 Å². The predicted octanol–water partition coefficient (Wildman–Crippen LogP) is 3.56. The molecule has 0 fully saturated rings. The first-order chi connectivity index (χ1) is 12.2. The van der Waals surface area contributed by atoms with Crippen molar-refractivity contribution in [1.82, 2.24) is 0 Å². The van der Waals surface area contributed by atoms with Gasteiger partial charge in [0.25, 0.3) is 10.1 Å². The van der Waals surface area contributed by atoms with Crippen LogP contribution in [0.4, 0.5) is 11.4 Å². The first-order valence-electron chi connectivity index (χ1n) is 8.21. The molecule has 0 aromatic heterocycles. The van der Waals surface area contributed by atoms with E-state index in [-0.39, 0.29) is 4.90 Å². The molecular weight excluding hydrogens is 350 g/mol. The molecule has 140 valence electrons. The van der Waals surface area contributed by atoms with Crippen LogP contribution in [-0.2, 0) is 10.1 Å². The van der Waals surface area contributed by atoms with E-state index in [0.29, 0.717) is 12.1 Å². The van der Waals surface area contributed by atoms with Crippen molar-refractivity contribution in [2.75, 3.05) is 23.7 Å². The molecule has 2 aromatic carbocycles. The summed E-state index contributed by atoms with van der Waals surface area (Å²) in [6.07, 6.45) is 0.585. The van der Waals surface area contributed by atoms with E-state index in [2.05, 4.69) is 49.1 Å². The Balaban J connectivity index is 0.000000263. The van der Waals surface area contributed by atoms with E-state index in [4.69, 9.17) is 15.5 Å². The van der Waals surface area contributed by atoms with Crippen molar-refractivity contribution in [3.63, 3.8) is 0 Å². The van der Waals surface area contributed by atoms with Gasteiger partial charge < -0.3 is 10.6 Å². The number of aryl methyl sites for hydroxylation is 2. The lowest BCUT2D eigenvalue weighted by Crippen LogP contribution is -2.23. The highest BCUT2D eigenvalue weighted by Gasteiger charge is 2.09. The van der Waals surface area contributed by atoms with E-state index in [1.807, 2.05) is 0 Å². The van der Waals surface area contributed by atoms with Crippen molar-refractivity contribution in [1.29, 1.82) is 5.26 Å². The lowest BCUT2D eigenvalue weighted by Gasteiger charge is -2.22. The van der Waals surface area contributed by atoms with Gasteiger partial charge in [0.15, 0.2) is 0 Å². The summed E-state index contributed by atoms with van der Waals surface area (Å²) in [6, 6.07) is 14.6. The Bertz CT molecular complexity index is 874. The van der Waals surface area contributed by atoms with Gasteiger partial charge in [0.2, 0.25) is 0 Å². The summed E-state index contributed by atoms with van der Waals surface area (Å²) in [5, 5.41) is 8.54. The molecule has 3 N–H and O–H groups in total. The quantitative estimate of drug-likeness (QED) is 0.611. The van der Waals surface area contributed by atoms with E-state index >= 15 is 0 Å². The summed E-state index contributed by atoms with van der Waals surface area (Å²) in [7, 11) is -4.12. The number of anilines is 2. The highest BCUT2D eigenvalue weighted by atomic mass is 32.2. The van der Waals surface area contributed by atoms with Gasteiger partial charge in [-0.2, -0.15) is 13.7 Å². The lowest BCUT2D eigenvalue weighted by molar-refractivity contribution is 0.483. The molecule has 0 unspecified atom stereocenters. The maximum absolute atomic E-state index is 10.6. The van der Waals surface area contributed by atoms with Gasteiger partial charge in [-0.05, 0) is 56.2 Å². The highest BCUT2D eigenvalue weighted by molar-refractivity contribution is 7.85. The molecule has 0 aliphatic carbocycles. The maximum atomic E-state index is 10.6. The smallest absolute Gasteiger partial charge is 0.294 e. The Morgan fingerprint density at radius 3 is 2.38 bits per heavy atom. The van der Waals surface area contributed by atoms with Crippen molar-refractivity contribution >= 4 is 21.5 Å². The van der Waals surface area contributed by atoms with Crippen LogP contribution < -0.4 is 10.6 Å². The van der Waals surface area contributed by atoms with Crippen molar-refractivity contribution in [2.24, 2.45) is 0 Å². The second kappa shape index (κ2) is 9.80. The van der Waals surface area contributed by atoms with E-state index in [9.17, 15) is 8.42 Å². The number of rotatable bonds is 5. The molecule has 0 aliphatic heterocycles. The molecule has 2 rings (SSSR count). The van der Waals surface area contributed by atoms with Crippen molar-refractivity contribution in [2.45, 2.75) is 32.1 Å². The molecule has 0 bridgehead atoms. The third-order valence-corrected chi connectivity index (χ3v) is 4.64. The molecule has 0 heterocycles. The first kappa shape index (κ1) is 21.5. The third-order valence-electron chi connectivity index (χ3n) is 3.79. The largest absolute Gasteiger partial charge is 0.398 e. The van der Waals surface area contributed by atoms with Gasteiger partial charge in [-0.3, -0.25) is 4.55 Å². The molecule has 26 heavy (non-hydrogen) atoms. The third kappa shape index (κ3) is 6.75. The molecule has 0 saturated heterocycles. The summed E-state index contributed by atoms with van der Waals surface area (Å²) in [5.41, 5.74) is 9.05. The van der Waals surface area contributed by atoms with Crippen LogP contribution in [0.1, 0.15) is 24.5 Å². The normalized spacial score (nSPS) is 10.4. The summed E-state index contributed by atoms with van der Waals surface area (Å²) in [5.74, 6) is 0. The van der Waals surface area contributed by atoms with Crippen LogP contribution in [-0.4, -0.2) is 26.1 Å². The summed E-state index contributed by atoms with van der Waals surface area (Å²) >= 11 is 0. The zero-order valence-corrected chi connectivity index (χ0v) is 16.1. The number of nitrogen functional groups attached to an aromatic ring is 1. The molecule has 0 saturated carbocycles. The number of nitrogens with two attached hydrogens (primary N) is 1. The molecule has 2 aromatic rings. The van der Waals surface area contributed by atoms with Crippen LogP contribution in [0.15, 0.2) is 47.4 Å². The lowest BCUT2D eigenvalue weighted by atomic mass is 10.2. The Morgan fingerprint density at radius 2 is 1.88 bits per heavy atom. The zero-order chi connectivity index (χ0) is 19.7. The van der Waals surface area contributed by atoms with Gasteiger partial charge in [0.05, 0.1) is 17.4 Å². The van der Waals surface area contributed by atoms with Gasteiger partial charge in [-0.25, -0.2) is 0 Å². The average Bonchev–Trinajstić information content (AvgIpc) is 2.58. The van der Waals surface area contributed by atoms with Crippen LogP contribution in [0, 0.1) is 25.2 Å². The fraction of sp³-hybridized carbons (Fsp3) is 0.316. The number of hydrogen-bond acceptors (Lipinski definition) is 5. The van der Waals surface area contributed by atoms with Gasteiger partial charge in [-0.1, -0.05) is 18.2 Å². The minimum atomic E-state index is -4.12. The van der Waals surface area contributed by atoms with E-state index in [1.54, 1.807) is 13.0 Å².